The molecule has 2 N–H and O–H groups in total. The van der Waals surface area contributed by atoms with Gasteiger partial charge in [-0.25, -0.2) is 9.97 Å². The van der Waals surface area contributed by atoms with Crippen LogP contribution in [0.4, 0.5) is 5.82 Å². The van der Waals surface area contributed by atoms with E-state index < -0.39 is 0 Å². The standard InChI is InChI=1S/C12H19N5S/c1-16(6-7-17-4-2-3-5-17)11-9-14-10(8-15-11)12(13)18/h8-9H,2-7H2,1H3,(H2,13,18). The van der Waals surface area contributed by atoms with Crippen molar-refractivity contribution in [2.24, 2.45) is 5.73 Å². The quantitative estimate of drug-likeness (QED) is 0.789. The minimum atomic E-state index is 0.286. The molecule has 18 heavy (non-hydrogen) atoms. The predicted octanol–water partition coefficient (Wildman–Crippen LogP) is 0.643. The fraction of sp³-hybridized carbons (Fsp3) is 0.583. The van der Waals surface area contributed by atoms with E-state index in [2.05, 4.69) is 19.8 Å². The Hall–Kier alpha value is -1.27. The lowest BCUT2D eigenvalue weighted by Crippen LogP contribution is -2.31. The Morgan fingerprint density at radius 3 is 2.67 bits per heavy atom. The summed E-state index contributed by atoms with van der Waals surface area (Å²) in [5, 5.41) is 0. The lowest BCUT2D eigenvalue weighted by molar-refractivity contribution is 0.346. The maximum Gasteiger partial charge on any atom is 0.146 e. The number of nitrogens with zero attached hydrogens (tertiary/aromatic N) is 4. The molecule has 5 nitrogen and oxygen atoms in total. The molecule has 0 amide bonds. The molecule has 2 heterocycles. The summed E-state index contributed by atoms with van der Waals surface area (Å²) in [7, 11) is 2.03. The molecule has 6 heteroatoms. The van der Waals surface area contributed by atoms with E-state index in [1.54, 1.807) is 12.4 Å². The first-order valence-electron chi connectivity index (χ1n) is 6.22. The minimum absolute atomic E-state index is 0.286. The Morgan fingerprint density at radius 1 is 1.39 bits per heavy atom. The number of likely N-dealkylation sites (N-methyl/N-ethyl adjacent to an activating group) is 1. The molecule has 0 aromatic carbocycles. The van der Waals surface area contributed by atoms with Crippen LogP contribution in [0.5, 0.6) is 0 Å². The van der Waals surface area contributed by atoms with E-state index in [0.717, 1.165) is 18.9 Å². The van der Waals surface area contributed by atoms with Gasteiger partial charge >= 0.3 is 0 Å². The Balaban J connectivity index is 1.87. The van der Waals surface area contributed by atoms with Crippen LogP contribution in [0.3, 0.4) is 0 Å². The molecule has 0 saturated carbocycles. The Morgan fingerprint density at radius 2 is 2.11 bits per heavy atom. The van der Waals surface area contributed by atoms with Gasteiger partial charge in [0.1, 0.15) is 16.5 Å². The number of likely N-dealkylation sites (tertiary alicyclic amines) is 1. The average Bonchev–Trinajstić information content (AvgIpc) is 2.89. The first-order valence-corrected chi connectivity index (χ1v) is 6.63. The Kier molecular flexibility index (Phi) is 4.43. The molecule has 0 unspecified atom stereocenters. The normalized spacial score (nSPS) is 15.8. The third-order valence-electron chi connectivity index (χ3n) is 3.23. The van der Waals surface area contributed by atoms with Crippen LogP contribution in [-0.4, -0.2) is 53.1 Å². The van der Waals surface area contributed by atoms with Crippen molar-refractivity contribution in [3.8, 4) is 0 Å². The molecule has 2 rings (SSSR count). The number of hydrogen-bond donors (Lipinski definition) is 1. The van der Waals surface area contributed by atoms with Crippen molar-refractivity contribution < 1.29 is 0 Å². The molecule has 98 valence electrons. The number of nitrogens with two attached hydrogens (primary N) is 1. The second-order valence-corrected chi connectivity index (χ2v) is 5.03. The van der Waals surface area contributed by atoms with Crippen molar-refractivity contribution in [2.45, 2.75) is 12.8 Å². The zero-order chi connectivity index (χ0) is 13.0. The lowest BCUT2D eigenvalue weighted by Gasteiger charge is -2.22. The number of aromatic nitrogens is 2. The van der Waals surface area contributed by atoms with Gasteiger partial charge < -0.3 is 15.5 Å². The molecule has 1 aromatic rings. The van der Waals surface area contributed by atoms with E-state index >= 15 is 0 Å². The van der Waals surface area contributed by atoms with Crippen LogP contribution in [0.1, 0.15) is 18.5 Å². The molecule has 0 spiro atoms. The molecular formula is C12H19N5S. The zero-order valence-corrected chi connectivity index (χ0v) is 11.5. The van der Waals surface area contributed by atoms with Crippen molar-refractivity contribution in [1.29, 1.82) is 0 Å². The van der Waals surface area contributed by atoms with E-state index in [1.165, 1.54) is 25.9 Å². The SMILES string of the molecule is CN(CCN1CCCC1)c1cnc(C(N)=S)cn1. The maximum atomic E-state index is 5.49. The predicted molar refractivity (Wildman–Crippen MR) is 76.9 cm³/mol. The van der Waals surface area contributed by atoms with E-state index in [9.17, 15) is 0 Å². The molecule has 1 aliphatic heterocycles. The van der Waals surface area contributed by atoms with E-state index in [4.69, 9.17) is 18.0 Å². The van der Waals surface area contributed by atoms with Crippen molar-refractivity contribution in [3.05, 3.63) is 18.1 Å². The highest BCUT2D eigenvalue weighted by Crippen LogP contribution is 2.09. The Labute approximate surface area is 113 Å². The van der Waals surface area contributed by atoms with Crippen LogP contribution in [-0.2, 0) is 0 Å². The maximum absolute atomic E-state index is 5.49. The van der Waals surface area contributed by atoms with Gasteiger partial charge in [0.15, 0.2) is 0 Å². The molecule has 0 radical (unpaired) electrons. The Bertz CT molecular complexity index is 399. The fourth-order valence-corrected chi connectivity index (χ4v) is 2.16. The lowest BCUT2D eigenvalue weighted by atomic mass is 10.4. The monoisotopic (exact) mass is 265 g/mol. The average molecular weight is 265 g/mol. The minimum Gasteiger partial charge on any atom is -0.388 e. The third kappa shape index (κ3) is 3.36. The van der Waals surface area contributed by atoms with Crippen molar-refractivity contribution in [3.63, 3.8) is 0 Å². The van der Waals surface area contributed by atoms with Crippen LogP contribution in [0.2, 0.25) is 0 Å². The smallest absolute Gasteiger partial charge is 0.146 e. The zero-order valence-electron chi connectivity index (χ0n) is 10.7. The van der Waals surface area contributed by atoms with Gasteiger partial charge in [0.25, 0.3) is 0 Å². The summed E-state index contributed by atoms with van der Waals surface area (Å²) in [4.78, 5) is 13.4. The van der Waals surface area contributed by atoms with Gasteiger partial charge in [-0.1, -0.05) is 12.2 Å². The van der Waals surface area contributed by atoms with Gasteiger partial charge in [-0.05, 0) is 25.9 Å². The first-order chi connectivity index (χ1) is 8.66. The second-order valence-electron chi connectivity index (χ2n) is 4.59. The summed E-state index contributed by atoms with van der Waals surface area (Å²) < 4.78 is 0. The van der Waals surface area contributed by atoms with Crippen LogP contribution < -0.4 is 10.6 Å². The van der Waals surface area contributed by atoms with Gasteiger partial charge in [0.05, 0.1) is 12.4 Å². The van der Waals surface area contributed by atoms with E-state index in [0.29, 0.717) is 5.69 Å². The van der Waals surface area contributed by atoms with Crippen LogP contribution in [0.15, 0.2) is 12.4 Å². The molecule has 1 saturated heterocycles. The molecule has 0 atom stereocenters. The van der Waals surface area contributed by atoms with E-state index in [-0.39, 0.29) is 4.99 Å². The number of anilines is 1. The first kappa shape index (κ1) is 13.2. The van der Waals surface area contributed by atoms with Crippen LogP contribution in [0, 0.1) is 0 Å². The van der Waals surface area contributed by atoms with Gasteiger partial charge in [0.2, 0.25) is 0 Å². The number of thiocarbonyl (C=S) groups is 1. The van der Waals surface area contributed by atoms with Crippen molar-refractivity contribution >= 4 is 23.0 Å². The summed E-state index contributed by atoms with van der Waals surface area (Å²) in [6, 6.07) is 0. The number of rotatable bonds is 5. The third-order valence-corrected chi connectivity index (χ3v) is 3.44. The van der Waals surface area contributed by atoms with Crippen molar-refractivity contribution in [2.75, 3.05) is 38.1 Å². The van der Waals surface area contributed by atoms with Gasteiger partial charge in [-0.3, -0.25) is 0 Å². The highest BCUT2D eigenvalue weighted by Gasteiger charge is 2.12. The highest BCUT2D eigenvalue weighted by molar-refractivity contribution is 7.80. The molecule has 0 bridgehead atoms. The van der Waals surface area contributed by atoms with Gasteiger partial charge in [0, 0.05) is 20.1 Å². The fourth-order valence-electron chi connectivity index (χ4n) is 2.06. The summed E-state index contributed by atoms with van der Waals surface area (Å²) in [6.07, 6.45) is 6.00. The number of hydrogen-bond acceptors (Lipinski definition) is 5. The van der Waals surface area contributed by atoms with Crippen LogP contribution in [0.25, 0.3) is 0 Å². The molecule has 1 aliphatic rings. The summed E-state index contributed by atoms with van der Waals surface area (Å²) >= 11 is 4.85. The summed E-state index contributed by atoms with van der Waals surface area (Å²) in [5.74, 6) is 0.856. The van der Waals surface area contributed by atoms with Gasteiger partial charge in [-0.2, -0.15) is 0 Å². The highest BCUT2D eigenvalue weighted by atomic mass is 32.1. The van der Waals surface area contributed by atoms with Gasteiger partial charge in [-0.15, -0.1) is 0 Å². The molecular weight excluding hydrogens is 246 g/mol. The van der Waals surface area contributed by atoms with Crippen molar-refractivity contribution in [1.82, 2.24) is 14.9 Å². The van der Waals surface area contributed by atoms with E-state index in [1.807, 2.05) is 7.05 Å². The van der Waals surface area contributed by atoms with Crippen LogP contribution >= 0.6 is 12.2 Å². The largest absolute Gasteiger partial charge is 0.388 e. The molecule has 1 aromatic heterocycles. The molecule has 1 fully saturated rings. The summed E-state index contributed by atoms with van der Waals surface area (Å²) in [5.41, 5.74) is 6.06. The second kappa shape index (κ2) is 6.06. The molecule has 0 aliphatic carbocycles. The summed E-state index contributed by atoms with van der Waals surface area (Å²) in [6.45, 7) is 4.48. The topological polar surface area (TPSA) is 58.3 Å².